The molecule has 1 N–H and O–H groups in total. The summed E-state index contributed by atoms with van der Waals surface area (Å²) in [6, 6.07) is -0.528. The highest BCUT2D eigenvalue weighted by Crippen LogP contribution is 2.28. The first kappa shape index (κ1) is 14.3. The Bertz CT molecular complexity index is 305. The second-order valence-corrected chi connectivity index (χ2v) is 4.65. The molecule has 1 amide bonds. The Kier molecular flexibility index (Phi) is 5.73. The summed E-state index contributed by atoms with van der Waals surface area (Å²) < 4.78 is 19.0. The van der Waals surface area contributed by atoms with E-state index < -0.39 is 17.6 Å². The van der Waals surface area contributed by atoms with Crippen molar-refractivity contribution in [2.24, 2.45) is 0 Å². The van der Waals surface area contributed by atoms with Crippen molar-refractivity contribution >= 4 is 17.5 Å². The second kappa shape index (κ2) is 6.83. The predicted molar refractivity (Wildman–Crippen MR) is 64.6 cm³/mol. The number of alkyl halides is 2. The second-order valence-electron chi connectivity index (χ2n) is 4.08. The Morgan fingerprint density at radius 1 is 1.65 bits per heavy atom. The lowest BCUT2D eigenvalue weighted by molar-refractivity contribution is -0.122. The summed E-state index contributed by atoms with van der Waals surface area (Å²) in [5, 5.41) is 2.25. The van der Waals surface area contributed by atoms with E-state index in [1.165, 1.54) is 0 Å². The zero-order valence-electron chi connectivity index (χ0n) is 9.79. The third-order valence-corrected chi connectivity index (χ3v) is 3.28. The molecule has 1 aliphatic carbocycles. The number of carbonyl (C=O) groups excluding carboxylic acids is 1. The van der Waals surface area contributed by atoms with Crippen LogP contribution in [0.3, 0.4) is 0 Å². The molecule has 0 aromatic carbocycles. The maximum atomic E-state index is 13.7. The molecular formula is C12H17ClFNO2. The highest BCUT2D eigenvalue weighted by atomic mass is 35.5. The maximum absolute atomic E-state index is 13.7. The van der Waals surface area contributed by atoms with Crippen LogP contribution in [-0.4, -0.2) is 36.2 Å². The van der Waals surface area contributed by atoms with Crippen LogP contribution in [-0.2, 0) is 9.53 Å². The topological polar surface area (TPSA) is 38.3 Å². The maximum Gasteiger partial charge on any atom is 0.220 e. The lowest BCUT2D eigenvalue weighted by Crippen LogP contribution is -2.50. The van der Waals surface area contributed by atoms with Crippen molar-refractivity contribution in [3.63, 3.8) is 0 Å². The Balaban J connectivity index is 2.54. The average Bonchev–Trinajstić information content (AvgIpc) is 2.30. The summed E-state index contributed by atoms with van der Waals surface area (Å²) in [5.74, 6) is 2.19. The monoisotopic (exact) mass is 261 g/mol. The summed E-state index contributed by atoms with van der Waals surface area (Å²) >= 11 is 6.00. The molecule has 0 radical (unpaired) electrons. The molecule has 0 heterocycles. The van der Waals surface area contributed by atoms with Crippen LogP contribution in [0.5, 0.6) is 0 Å². The highest BCUT2D eigenvalue weighted by Gasteiger charge is 2.37. The van der Waals surface area contributed by atoms with Crippen molar-refractivity contribution in [3.8, 4) is 12.3 Å². The van der Waals surface area contributed by atoms with E-state index in [9.17, 15) is 9.18 Å². The number of nitrogens with one attached hydrogen (secondary N) is 1. The molecule has 96 valence electrons. The molecular weight excluding hydrogens is 245 g/mol. The van der Waals surface area contributed by atoms with Gasteiger partial charge < -0.3 is 10.1 Å². The van der Waals surface area contributed by atoms with Gasteiger partial charge in [-0.25, -0.2) is 4.39 Å². The summed E-state index contributed by atoms with van der Waals surface area (Å²) in [5.41, 5.74) is 0. The number of rotatable bonds is 4. The van der Waals surface area contributed by atoms with Crippen LogP contribution < -0.4 is 5.32 Å². The molecule has 5 heteroatoms. The summed E-state index contributed by atoms with van der Waals surface area (Å²) in [6.07, 6.45) is 4.54. The average molecular weight is 262 g/mol. The van der Waals surface area contributed by atoms with E-state index in [0.717, 1.165) is 0 Å². The number of hydrogen-bond acceptors (Lipinski definition) is 2. The van der Waals surface area contributed by atoms with Crippen LogP contribution >= 0.6 is 11.6 Å². The van der Waals surface area contributed by atoms with E-state index in [4.69, 9.17) is 22.8 Å². The van der Waals surface area contributed by atoms with Gasteiger partial charge >= 0.3 is 0 Å². The summed E-state index contributed by atoms with van der Waals surface area (Å²) in [6.45, 7) is 1.88. The molecule has 0 spiro atoms. The minimum Gasteiger partial charge on any atom is -0.364 e. The van der Waals surface area contributed by atoms with Gasteiger partial charge in [0.05, 0.1) is 17.5 Å². The quantitative estimate of drug-likeness (QED) is 0.617. The first-order valence-corrected chi connectivity index (χ1v) is 6.14. The van der Waals surface area contributed by atoms with Gasteiger partial charge in [0.1, 0.15) is 12.8 Å². The van der Waals surface area contributed by atoms with Gasteiger partial charge in [0, 0.05) is 6.42 Å². The fourth-order valence-corrected chi connectivity index (χ4v) is 2.21. The molecule has 0 aliphatic heterocycles. The minimum absolute atomic E-state index is 0.152. The molecule has 1 rings (SSSR count). The van der Waals surface area contributed by atoms with Gasteiger partial charge in [0.15, 0.2) is 0 Å². The standard InChI is InChI=1S/C12H17ClFNO2/c1-3-5-17-11-7-10(15-12(16)4-2)9(14)6-8(11)13/h1,8-11H,4-7H2,2H3,(H,15,16). The van der Waals surface area contributed by atoms with Crippen LogP contribution in [0.25, 0.3) is 0 Å². The first-order valence-electron chi connectivity index (χ1n) is 5.71. The smallest absolute Gasteiger partial charge is 0.220 e. The van der Waals surface area contributed by atoms with Crippen molar-refractivity contribution in [1.82, 2.24) is 5.32 Å². The van der Waals surface area contributed by atoms with Gasteiger partial charge in [-0.2, -0.15) is 0 Å². The van der Waals surface area contributed by atoms with Crippen LogP contribution in [0, 0.1) is 12.3 Å². The Morgan fingerprint density at radius 3 is 2.94 bits per heavy atom. The SMILES string of the molecule is C#CCOC1CC(NC(=O)CC)C(F)CC1Cl. The number of amides is 1. The molecule has 0 saturated heterocycles. The number of carbonyl (C=O) groups is 1. The Labute approximate surface area is 106 Å². The van der Waals surface area contributed by atoms with E-state index in [1.807, 2.05) is 0 Å². The predicted octanol–water partition coefficient (Wildman–Crippen LogP) is 1.64. The fraction of sp³-hybridized carbons (Fsp3) is 0.750. The molecule has 17 heavy (non-hydrogen) atoms. The zero-order chi connectivity index (χ0) is 12.8. The molecule has 4 unspecified atom stereocenters. The normalized spacial score (nSPS) is 32.8. The third kappa shape index (κ3) is 4.18. The third-order valence-electron chi connectivity index (χ3n) is 2.82. The van der Waals surface area contributed by atoms with Gasteiger partial charge in [-0.15, -0.1) is 18.0 Å². The molecule has 3 nitrogen and oxygen atoms in total. The summed E-state index contributed by atoms with van der Waals surface area (Å²) in [7, 11) is 0. The largest absolute Gasteiger partial charge is 0.364 e. The number of halogens is 2. The van der Waals surface area contributed by atoms with Gasteiger partial charge in [-0.3, -0.25) is 4.79 Å². The van der Waals surface area contributed by atoms with Crippen LogP contribution in [0.15, 0.2) is 0 Å². The van der Waals surface area contributed by atoms with Crippen molar-refractivity contribution in [2.75, 3.05) is 6.61 Å². The zero-order valence-corrected chi connectivity index (χ0v) is 10.5. The van der Waals surface area contributed by atoms with Crippen molar-refractivity contribution in [2.45, 2.75) is 49.9 Å². The number of terminal acetylenes is 1. The summed E-state index contributed by atoms with van der Waals surface area (Å²) in [4.78, 5) is 11.2. The fourth-order valence-electron chi connectivity index (χ4n) is 1.86. The first-order chi connectivity index (χ1) is 8.08. The molecule has 0 aromatic heterocycles. The van der Waals surface area contributed by atoms with E-state index in [1.54, 1.807) is 6.92 Å². The molecule has 1 fully saturated rings. The van der Waals surface area contributed by atoms with Gasteiger partial charge in [0.25, 0.3) is 0 Å². The molecule has 0 bridgehead atoms. The minimum atomic E-state index is -1.13. The van der Waals surface area contributed by atoms with Gasteiger partial charge in [-0.1, -0.05) is 12.8 Å². The van der Waals surface area contributed by atoms with Crippen LogP contribution in [0.2, 0.25) is 0 Å². The lowest BCUT2D eigenvalue weighted by atomic mass is 9.90. The van der Waals surface area contributed by atoms with Gasteiger partial charge in [0.2, 0.25) is 5.91 Å². The number of ether oxygens (including phenoxy) is 1. The highest BCUT2D eigenvalue weighted by molar-refractivity contribution is 6.21. The van der Waals surface area contributed by atoms with Crippen molar-refractivity contribution < 1.29 is 13.9 Å². The number of hydrogen-bond donors (Lipinski definition) is 1. The molecule has 1 aliphatic rings. The molecule has 4 atom stereocenters. The molecule has 1 saturated carbocycles. The van der Waals surface area contributed by atoms with E-state index in [0.29, 0.717) is 12.8 Å². The molecule has 0 aromatic rings. The van der Waals surface area contributed by atoms with E-state index in [2.05, 4.69) is 11.2 Å². The lowest BCUT2D eigenvalue weighted by Gasteiger charge is -2.35. The van der Waals surface area contributed by atoms with E-state index >= 15 is 0 Å². The van der Waals surface area contributed by atoms with E-state index in [-0.39, 0.29) is 25.0 Å². The van der Waals surface area contributed by atoms with Crippen molar-refractivity contribution in [1.29, 1.82) is 0 Å². The Hall–Kier alpha value is -0.790. The van der Waals surface area contributed by atoms with Gasteiger partial charge in [-0.05, 0) is 12.8 Å². The Morgan fingerprint density at radius 2 is 2.35 bits per heavy atom. The van der Waals surface area contributed by atoms with Crippen LogP contribution in [0.4, 0.5) is 4.39 Å². The van der Waals surface area contributed by atoms with Crippen molar-refractivity contribution in [3.05, 3.63) is 0 Å². The van der Waals surface area contributed by atoms with Crippen LogP contribution in [0.1, 0.15) is 26.2 Å².